The minimum Gasteiger partial charge on any atom is -0.365 e. The number of likely N-dealkylation sites (N-methyl/N-ethyl adjacent to an activating group) is 1. The van der Waals surface area contributed by atoms with Crippen molar-refractivity contribution < 1.29 is 4.79 Å². The Bertz CT molecular complexity index is 796. The zero-order valence-electron chi connectivity index (χ0n) is 13.4. The van der Waals surface area contributed by atoms with Gasteiger partial charge in [-0.3, -0.25) is 4.79 Å². The second-order valence-corrected chi connectivity index (χ2v) is 8.41. The number of hydrogen-bond acceptors (Lipinski definition) is 4. The van der Waals surface area contributed by atoms with Crippen LogP contribution in [0.3, 0.4) is 0 Å². The standard InChI is InChI=1S/C17H17ClN2OS2/c1-9-8-17(2,3)20(4)13-7-12(18)10(5-11(9)13)6-14-15(21)19-16(22)23-14/h5-8H,1-4H3,(H,19,21,22)/b14-6+. The first-order valence-electron chi connectivity index (χ1n) is 7.21. The van der Waals surface area contributed by atoms with E-state index in [1.165, 1.54) is 17.3 Å². The first-order chi connectivity index (χ1) is 10.7. The molecule has 2 aliphatic heterocycles. The van der Waals surface area contributed by atoms with Crippen LogP contribution in [0.2, 0.25) is 5.02 Å². The van der Waals surface area contributed by atoms with Crippen molar-refractivity contribution in [3.05, 3.63) is 39.3 Å². The highest BCUT2D eigenvalue weighted by Gasteiger charge is 2.29. The molecule has 0 bridgehead atoms. The zero-order chi connectivity index (χ0) is 16.9. The van der Waals surface area contributed by atoms with Crippen LogP contribution in [0.4, 0.5) is 5.69 Å². The summed E-state index contributed by atoms with van der Waals surface area (Å²) in [5, 5.41) is 3.24. The van der Waals surface area contributed by atoms with Crippen LogP contribution in [-0.2, 0) is 4.79 Å². The molecule has 0 spiro atoms. The van der Waals surface area contributed by atoms with Crippen LogP contribution in [0.15, 0.2) is 23.1 Å². The van der Waals surface area contributed by atoms with Gasteiger partial charge in [0.2, 0.25) is 0 Å². The SMILES string of the molecule is CC1=CC(C)(C)N(C)c2cc(Cl)c(/C=C3/SC(=S)NC3=O)cc21. The predicted molar refractivity (Wildman–Crippen MR) is 104 cm³/mol. The number of benzene rings is 1. The number of hydrogen-bond donors (Lipinski definition) is 1. The van der Waals surface area contributed by atoms with E-state index in [1.807, 2.05) is 12.1 Å². The van der Waals surface area contributed by atoms with E-state index in [2.05, 4.69) is 44.1 Å². The summed E-state index contributed by atoms with van der Waals surface area (Å²) >= 11 is 12.7. The molecule has 0 atom stereocenters. The maximum Gasteiger partial charge on any atom is 0.263 e. The predicted octanol–water partition coefficient (Wildman–Crippen LogP) is 4.46. The van der Waals surface area contributed by atoms with Gasteiger partial charge in [-0.1, -0.05) is 41.7 Å². The third-order valence-corrected chi connectivity index (χ3v) is 5.75. The monoisotopic (exact) mass is 364 g/mol. The average Bonchev–Trinajstić information content (AvgIpc) is 2.76. The average molecular weight is 365 g/mol. The third kappa shape index (κ3) is 2.93. The highest BCUT2D eigenvalue weighted by molar-refractivity contribution is 8.26. The van der Waals surface area contributed by atoms with Gasteiger partial charge in [0.15, 0.2) is 0 Å². The van der Waals surface area contributed by atoms with Gasteiger partial charge in [-0.15, -0.1) is 0 Å². The van der Waals surface area contributed by atoms with Gasteiger partial charge < -0.3 is 10.2 Å². The van der Waals surface area contributed by atoms with Gasteiger partial charge in [-0.25, -0.2) is 0 Å². The van der Waals surface area contributed by atoms with Gasteiger partial charge in [-0.2, -0.15) is 0 Å². The number of nitrogens with zero attached hydrogens (tertiary/aromatic N) is 1. The van der Waals surface area contributed by atoms with Gasteiger partial charge in [0.05, 0.1) is 10.4 Å². The molecule has 2 aliphatic rings. The molecule has 0 unspecified atom stereocenters. The van der Waals surface area contributed by atoms with E-state index >= 15 is 0 Å². The van der Waals surface area contributed by atoms with Gasteiger partial charge in [0, 0.05) is 23.3 Å². The van der Waals surface area contributed by atoms with Crippen molar-refractivity contribution in [3.8, 4) is 0 Å². The molecule has 1 saturated heterocycles. The maximum absolute atomic E-state index is 11.8. The number of amides is 1. The molecule has 1 aromatic carbocycles. The fraction of sp³-hybridized carbons (Fsp3) is 0.294. The Morgan fingerprint density at radius 3 is 2.70 bits per heavy atom. The van der Waals surface area contributed by atoms with Crippen LogP contribution in [0.1, 0.15) is 31.9 Å². The fourth-order valence-corrected chi connectivity index (χ4v) is 4.11. The summed E-state index contributed by atoms with van der Waals surface area (Å²) in [6.45, 7) is 6.44. The molecule has 3 rings (SSSR count). The largest absolute Gasteiger partial charge is 0.365 e. The molecule has 1 N–H and O–H groups in total. The lowest BCUT2D eigenvalue weighted by atomic mass is 9.88. The first kappa shape index (κ1) is 16.6. The van der Waals surface area contributed by atoms with E-state index in [0.717, 1.165) is 16.8 Å². The lowest BCUT2D eigenvalue weighted by Crippen LogP contribution is -2.42. The second kappa shape index (κ2) is 5.65. The van der Waals surface area contributed by atoms with Crippen LogP contribution in [0.5, 0.6) is 0 Å². The summed E-state index contributed by atoms with van der Waals surface area (Å²) in [5.74, 6) is -0.167. The quantitative estimate of drug-likeness (QED) is 0.589. The number of nitrogens with one attached hydrogen (secondary N) is 1. The molecule has 1 aromatic rings. The van der Waals surface area contributed by atoms with Crippen molar-refractivity contribution in [2.75, 3.05) is 11.9 Å². The summed E-state index contributed by atoms with van der Waals surface area (Å²) in [7, 11) is 2.06. The number of carbonyl (C=O) groups is 1. The number of fused-ring (bicyclic) bond motifs is 1. The second-order valence-electron chi connectivity index (χ2n) is 6.28. The number of anilines is 1. The summed E-state index contributed by atoms with van der Waals surface area (Å²) in [6.07, 6.45) is 4.04. The minimum atomic E-state index is -0.167. The van der Waals surface area contributed by atoms with Crippen LogP contribution < -0.4 is 10.2 Å². The zero-order valence-corrected chi connectivity index (χ0v) is 15.7. The molecule has 0 aliphatic carbocycles. The highest BCUT2D eigenvalue weighted by atomic mass is 35.5. The molecule has 0 aromatic heterocycles. The van der Waals surface area contributed by atoms with Crippen LogP contribution >= 0.6 is 35.6 Å². The molecular weight excluding hydrogens is 348 g/mol. The van der Waals surface area contributed by atoms with Crippen molar-refractivity contribution in [1.29, 1.82) is 0 Å². The van der Waals surface area contributed by atoms with E-state index in [4.69, 9.17) is 23.8 Å². The number of thioether (sulfide) groups is 1. The van der Waals surface area contributed by atoms with Crippen LogP contribution in [-0.4, -0.2) is 22.8 Å². The molecule has 1 amide bonds. The minimum absolute atomic E-state index is 0.0617. The molecule has 6 heteroatoms. The van der Waals surface area contributed by atoms with Gasteiger partial charge in [0.25, 0.3) is 5.91 Å². The van der Waals surface area contributed by atoms with E-state index in [9.17, 15) is 4.79 Å². The van der Waals surface area contributed by atoms with E-state index in [0.29, 0.717) is 14.2 Å². The van der Waals surface area contributed by atoms with Crippen LogP contribution in [0.25, 0.3) is 11.6 Å². The summed E-state index contributed by atoms with van der Waals surface area (Å²) in [6, 6.07) is 4.01. The molecule has 0 saturated carbocycles. The van der Waals surface area contributed by atoms with Crippen LogP contribution in [0, 0.1) is 0 Å². The Morgan fingerprint density at radius 2 is 2.09 bits per heavy atom. The highest BCUT2D eigenvalue weighted by Crippen LogP contribution is 2.41. The maximum atomic E-state index is 11.8. The Kier molecular flexibility index (Phi) is 4.07. The smallest absolute Gasteiger partial charge is 0.263 e. The Balaban J connectivity index is 2.10. The topological polar surface area (TPSA) is 32.3 Å². The number of rotatable bonds is 1. The lowest BCUT2D eigenvalue weighted by Gasteiger charge is -2.40. The van der Waals surface area contributed by atoms with Crippen molar-refractivity contribution in [1.82, 2.24) is 5.32 Å². The Morgan fingerprint density at radius 1 is 1.39 bits per heavy atom. The molecule has 120 valence electrons. The van der Waals surface area contributed by atoms with Gasteiger partial charge in [0.1, 0.15) is 4.32 Å². The third-order valence-electron chi connectivity index (χ3n) is 4.26. The number of halogens is 1. The van der Waals surface area contributed by atoms with Gasteiger partial charge in [-0.05, 0) is 50.1 Å². The van der Waals surface area contributed by atoms with Crippen molar-refractivity contribution in [2.45, 2.75) is 26.3 Å². The molecule has 2 heterocycles. The molecule has 0 radical (unpaired) electrons. The summed E-state index contributed by atoms with van der Waals surface area (Å²) in [5.41, 5.74) is 4.20. The molecule has 3 nitrogen and oxygen atoms in total. The normalized spacial score (nSPS) is 21.3. The Hall–Kier alpha value is -1.30. The van der Waals surface area contributed by atoms with Crippen molar-refractivity contribution >= 4 is 63.1 Å². The van der Waals surface area contributed by atoms with Crippen molar-refractivity contribution in [2.24, 2.45) is 0 Å². The van der Waals surface area contributed by atoms with E-state index in [1.54, 1.807) is 6.08 Å². The molecular formula is C17H17ClN2OS2. The Labute approximate surface area is 150 Å². The number of carbonyl (C=O) groups excluding carboxylic acids is 1. The number of thiocarbonyl (C=S) groups is 1. The first-order valence-corrected chi connectivity index (χ1v) is 8.81. The summed E-state index contributed by atoms with van der Waals surface area (Å²) < 4.78 is 0.480. The molecule has 23 heavy (non-hydrogen) atoms. The number of allylic oxidation sites excluding steroid dienone is 1. The van der Waals surface area contributed by atoms with E-state index < -0.39 is 0 Å². The van der Waals surface area contributed by atoms with E-state index in [-0.39, 0.29) is 11.4 Å². The van der Waals surface area contributed by atoms with Gasteiger partial charge >= 0.3 is 0 Å². The van der Waals surface area contributed by atoms with Crippen molar-refractivity contribution in [3.63, 3.8) is 0 Å². The molecule has 1 fully saturated rings. The lowest BCUT2D eigenvalue weighted by molar-refractivity contribution is -0.115. The fourth-order valence-electron chi connectivity index (χ4n) is 2.86. The summed E-state index contributed by atoms with van der Waals surface area (Å²) in [4.78, 5) is 14.6.